The van der Waals surface area contributed by atoms with Gasteiger partial charge in [0.25, 0.3) is 8.32 Å². The first-order valence-electron chi connectivity index (χ1n) is 27.8. The fourth-order valence-corrected chi connectivity index (χ4v) is 16.4. The van der Waals surface area contributed by atoms with Gasteiger partial charge in [-0.15, -0.1) is 0 Å². The average Bonchev–Trinajstić information content (AvgIpc) is 4.01. The number of carboxylic acid groups (broad SMARTS) is 1. The molecule has 3 amide bonds. The molecule has 0 saturated heterocycles. The van der Waals surface area contributed by atoms with Gasteiger partial charge in [0, 0.05) is 18.2 Å². The SMILES string of the molecule is Cc1ccc(C(NCCCCC(NC(=O)C(C(C)C)N(CC2c3ccccc3-c3ccccc32)C(=O)O)C(=O)Nc2ccc(CO[Si](c3ccccc3)(c3ccccc3)C(C)(C)C)cc2)(c2ccccc2)c2ccccc2)cc1. The third-order valence-corrected chi connectivity index (χ3v) is 20.7. The van der Waals surface area contributed by atoms with Crippen LogP contribution in [0, 0.1) is 12.8 Å². The van der Waals surface area contributed by atoms with Crippen LogP contribution in [0.25, 0.3) is 11.1 Å². The van der Waals surface area contributed by atoms with Crippen molar-refractivity contribution in [3.8, 4) is 11.1 Å². The summed E-state index contributed by atoms with van der Waals surface area (Å²) in [4.78, 5) is 44.4. The number of carbonyl (C=O) groups is 3. The number of amides is 3. The second-order valence-corrected chi connectivity index (χ2v) is 26.6. The Morgan fingerprint density at radius 1 is 0.595 bits per heavy atom. The number of benzene rings is 8. The predicted octanol–water partition coefficient (Wildman–Crippen LogP) is 13.1. The highest BCUT2D eigenvalue weighted by atomic mass is 28.4. The van der Waals surface area contributed by atoms with Gasteiger partial charge in [-0.2, -0.15) is 0 Å². The van der Waals surface area contributed by atoms with E-state index in [1.807, 2.05) is 98.8 Å². The van der Waals surface area contributed by atoms with Gasteiger partial charge in [0.2, 0.25) is 11.8 Å². The van der Waals surface area contributed by atoms with Crippen molar-refractivity contribution in [1.29, 1.82) is 0 Å². The van der Waals surface area contributed by atoms with Crippen molar-refractivity contribution in [2.45, 2.75) is 96.0 Å². The summed E-state index contributed by atoms with van der Waals surface area (Å²) in [5.41, 5.74) is 9.49. The standard InChI is InChI=1S/C69H74N4O5Si/c1-49(2)64(73(67(76)77)47-62-60-35-21-19-33-58(60)59-34-20-22-36-61(59)62)66(75)72-63(37-23-24-46-70-69(52-25-11-7-12-26-52,53-27-13-8-14-28-53)54-42-38-50(3)39-43-54)65(74)71-55-44-40-51(41-45-55)48-78-79(68(4,5)6,56-29-15-9-16-30-56)57-31-17-10-18-32-57/h7-22,25-36,38-45,49,62-64,70H,23-24,37,46-48H2,1-6H3,(H,71,74)(H,72,75)(H,76,77). The first-order valence-corrected chi connectivity index (χ1v) is 29.7. The number of hydrogen-bond acceptors (Lipinski definition) is 5. The molecule has 8 aromatic carbocycles. The minimum absolute atomic E-state index is 0.0693. The number of aryl methyl sites for hydroxylation is 1. The first kappa shape index (κ1) is 55.8. The number of rotatable bonds is 22. The molecule has 9 rings (SSSR count). The van der Waals surface area contributed by atoms with Crippen molar-refractivity contribution in [2.75, 3.05) is 18.4 Å². The van der Waals surface area contributed by atoms with Crippen molar-refractivity contribution < 1.29 is 23.9 Å². The van der Waals surface area contributed by atoms with Crippen molar-refractivity contribution in [3.63, 3.8) is 0 Å². The van der Waals surface area contributed by atoms with Crippen LogP contribution in [0.2, 0.25) is 5.04 Å². The van der Waals surface area contributed by atoms with Gasteiger partial charge in [-0.3, -0.25) is 19.8 Å². The molecule has 0 heterocycles. The summed E-state index contributed by atoms with van der Waals surface area (Å²) < 4.78 is 7.23. The van der Waals surface area contributed by atoms with Crippen molar-refractivity contribution in [3.05, 3.63) is 257 Å². The van der Waals surface area contributed by atoms with Gasteiger partial charge < -0.3 is 20.2 Å². The highest BCUT2D eigenvalue weighted by Crippen LogP contribution is 2.45. The number of carbonyl (C=O) groups excluding carboxylic acids is 2. The van der Waals surface area contributed by atoms with Crippen LogP contribution in [-0.2, 0) is 26.2 Å². The topological polar surface area (TPSA) is 120 Å². The van der Waals surface area contributed by atoms with Crippen LogP contribution in [-0.4, -0.2) is 61.4 Å². The van der Waals surface area contributed by atoms with Crippen LogP contribution in [0.1, 0.15) is 98.7 Å². The molecule has 404 valence electrons. The van der Waals surface area contributed by atoms with E-state index in [0.29, 0.717) is 38.1 Å². The lowest BCUT2D eigenvalue weighted by Crippen LogP contribution is -2.66. The molecule has 0 spiro atoms. The number of anilines is 1. The maximum absolute atomic E-state index is 14.9. The molecule has 9 nitrogen and oxygen atoms in total. The Morgan fingerprint density at radius 2 is 1.08 bits per heavy atom. The molecule has 0 saturated carbocycles. The number of unbranched alkanes of at least 4 members (excludes halogenated alkanes) is 1. The van der Waals surface area contributed by atoms with Crippen LogP contribution in [0.15, 0.2) is 218 Å². The van der Waals surface area contributed by atoms with E-state index in [0.717, 1.165) is 44.5 Å². The number of hydrogen-bond donors (Lipinski definition) is 4. The second-order valence-electron chi connectivity index (χ2n) is 22.3. The van der Waals surface area contributed by atoms with Crippen molar-refractivity contribution >= 4 is 42.3 Å². The Kier molecular flexibility index (Phi) is 17.6. The predicted molar refractivity (Wildman–Crippen MR) is 322 cm³/mol. The van der Waals surface area contributed by atoms with E-state index in [2.05, 4.69) is 177 Å². The highest BCUT2D eigenvalue weighted by Gasteiger charge is 2.50. The minimum atomic E-state index is -2.82. The van der Waals surface area contributed by atoms with E-state index in [9.17, 15) is 19.5 Å². The van der Waals surface area contributed by atoms with E-state index in [-0.39, 0.29) is 23.4 Å². The van der Waals surface area contributed by atoms with Gasteiger partial charge in [0.05, 0.1) is 12.1 Å². The van der Waals surface area contributed by atoms with Crippen LogP contribution in [0.3, 0.4) is 0 Å². The van der Waals surface area contributed by atoms with Crippen molar-refractivity contribution in [2.24, 2.45) is 5.92 Å². The minimum Gasteiger partial charge on any atom is -0.465 e. The zero-order chi connectivity index (χ0) is 55.6. The van der Waals surface area contributed by atoms with Gasteiger partial charge in [-0.1, -0.05) is 246 Å². The molecule has 79 heavy (non-hydrogen) atoms. The largest absolute Gasteiger partial charge is 0.465 e. The van der Waals surface area contributed by atoms with Gasteiger partial charge in [0.1, 0.15) is 12.1 Å². The van der Waals surface area contributed by atoms with Crippen LogP contribution in [0.5, 0.6) is 0 Å². The lowest BCUT2D eigenvalue weighted by Gasteiger charge is -2.43. The third kappa shape index (κ3) is 12.1. The molecule has 2 atom stereocenters. The Hall–Kier alpha value is -7.89. The molecule has 0 bridgehead atoms. The molecule has 0 aromatic heterocycles. The van der Waals surface area contributed by atoms with E-state index in [1.165, 1.54) is 20.8 Å². The summed E-state index contributed by atoms with van der Waals surface area (Å²) in [6, 6.07) is 72.5. The molecular formula is C69H74N4O5Si. The van der Waals surface area contributed by atoms with Crippen LogP contribution < -0.4 is 26.3 Å². The number of nitrogens with zero attached hydrogens (tertiary/aromatic N) is 1. The molecule has 4 N–H and O–H groups in total. The van der Waals surface area contributed by atoms with Gasteiger partial charge in [-0.05, 0) is 111 Å². The number of nitrogens with one attached hydrogen (secondary N) is 3. The summed E-state index contributed by atoms with van der Waals surface area (Å²) in [6.45, 7) is 13.6. The van der Waals surface area contributed by atoms with Gasteiger partial charge in [-0.25, -0.2) is 4.79 Å². The monoisotopic (exact) mass is 1070 g/mol. The van der Waals surface area contributed by atoms with E-state index in [4.69, 9.17) is 4.43 Å². The fraction of sp³-hybridized carbons (Fsp3) is 0.261. The molecular weight excluding hydrogens is 993 g/mol. The second kappa shape index (κ2) is 24.8. The molecule has 0 aliphatic heterocycles. The quantitative estimate of drug-likeness (QED) is 0.0305. The third-order valence-electron chi connectivity index (χ3n) is 15.8. The molecule has 1 aliphatic carbocycles. The Morgan fingerprint density at radius 3 is 1.57 bits per heavy atom. The van der Waals surface area contributed by atoms with Gasteiger partial charge >= 0.3 is 6.09 Å². The Bertz CT molecular complexity index is 3170. The molecule has 0 fully saturated rings. The summed E-state index contributed by atoms with van der Waals surface area (Å²) in [5.74, 6) is -1.60. The molecule has 2 unspecified atom stereocenters. The van der Waals surface area contributed by atoms with Crippen LogP contribution >= 0.6 is 0 Å². The maximum Gasteiger partial charge on any atom is 0.408 e. The first-order chi connectivity index (χ1) is 38.2. The molecule has 0 radical (unpaired) electrons. The molecule has 8 aromatic rings. The Balaban J connectivity index is 0.966. The van der Waals surface area contributed by atoms with Gasteiger partial charge in [0.15, 0.2) is 0 Å². The number of fused-ring (bicyclic) bond motifs is 3. The van der Waals surface area contributed by atoms with E-state index < -0.39 is 43.9 Å². The lowest BCUT2D eigenvalue weighted by atomic mass is 9.76. The van der Waals surface area contributed by atoms with Crippen molar-refractivity contribution in [1.82, 2.24) is 15.5 Å². The molecule has 1 aliphatic rings. The fourth-order valence-electron chi connectivity index (χ4n) is 11.9. The zero-order valence-electron chi connectivity index (χ0n) is 46.4. The Labute approximate surface area is 468 Å². The summed E-state index contributed by atoms with van der Waals surface area (Å²) in [6.07, 6.45) is 0.347. The average molecular weight is 1070 g/mol. The van der Waals surface area contributed by atoms with Crippen LogP contribution in [0.4, 0.5) is 10.5 Å². The zero-order valence-corrected chi connectivity index (χ0v) is 47.4. The van der Waals surface area contributed by atoms with E-state index in [1.54, 1.807) is 0 Å². The molecule has 10 heteroatoms. The smallest absolute Gasteiger partial charge is 0.408 e. The van der Waals surface area contributed by atoms with E-state index >= 15 is 0 Å². The highest BCUT2D eigenvalue weighted by molar-refractivity contribution is 6.99. The maximum atomic E-state index is 14.9. The lowest BCUT2D eigenvalue weighted by molar-refractivity contribution is -0.131. The summed E-state index contributed by atoms with van der Waals surface area (Å²) in [7, 11) is -2.82. The summed E-state index contributed by atoms with van der Waals surface area (Å²) in [5, 5.41) is 23.4. The summed E-state index contributed by atoms with van der Waals surface area (Å²) >= 11 is 0. The normalized spacial score (nSPS) is 13.3.